The van der Waals surface area contributed by atoms with Crippen LogP contribution in [0.1, 0.15) is 48.2 Å². The fourth-order valence-electron chi connectivity index (χ4n) is 8.44. The van der Waals surface area contributed by atoms with Crippen LogP contribution in [0, 0.1) is 29.1 Å². The molecule has 2 bridgehead atoms. The molecule has 2 aliphatic carbocycles. The average molecular weight is 643 g/mol. The van der Waals surface area contributed by atoms with Crippen molar-refractivity contribution in [2.75, 3.05) is 31.6 Å². The number of amides is 1. The first kappa shape index (κ1) is 29.1. The second-order valence-corrected chi connectivity index (χ2v) is 14.0. The van der Waals surface area contributed by atoms with Gasteiger partial charge in [-0.2, -0.15) is 5.26 Å². The average Bonchev–Trinajstić information content (AvgIpc) is 3.42. The van der Waals surface area contributed by atoms with Crippen molar-refractivity contribution >= 4 is 33.7 Å². The lowest BCUT2D eigenvalue weighted by atomic mass is 10.1. The summed E-state index contributed by atoms with van der Waals surface area (Å²) in [5.41, 5.74) is 11.8. The van der Waals surface area contributed by atoms with E-state index >= 15 is 0 Å². The predicted molar refractivity (Wildman–Crippen MR) is 180 cm³/mol. The molecule has 6 heterocycles. The number of rotatable bonds is 8. The Hall–Kier alpha value is -5.02. The van der Waals surface area contributed by atoms with E-state index in [-0.39, 0.29) is 23.9 Å². The molecule has 1 aromatic carbocycles. The summed E-state index contributed by atoms with van der Waals surface area (Å²) in [7, 11) is 1.66. The van der Waals surface area contributed by atoms with Gasteiger partial charge >= 0.3 is 0 Å². The number of nitrogens with zero attached hydrogens (tertiary/aromatic N) is 9. The first-order valence-corrected chi connectivity index (χ1v) is 17.0. The van der Waals surface area contributed by atoms with E-state index in [0.717, 1.165) is 78.2 Å². The van der Waals surface area contributed by atoms with Gasteiger partial charge in [-0.05, 0) is 80.2 Å². The highest BCUT2D eigenvalue weighted by atomic mass is 16.5. The van der Waals surface area contributed by atoms with Crippen molar-refractivity contribution in [3.8, 4) is 23.3 Å². The molecule has 2 aliphatic heterocycles. The number of imidazole rings is 1. The Balaban J connectivity index is 1.16. The maximum atomic E-state index is 14.0. The van der Waals surface area contributed by atoms with Gasteiger partial charge in [-0.15, -0.1) is 0 Å². The third kappa shape index (κ3) is 4.71. The van der Waals surface area contributed by atoms with Gasteiger partial charge in [0.15, 0.2) is 11.5 Å². The Morgan fingerprint density at radius 2 is 1.94 bits per heavy atom. The van der Waals surface area contributed by atoms with Crippen molar-refractivity contribution in [2.45, 2.75) is 57.3 Å². The van der Waals surface area contributed by atoms with Gasteiger partial charge in [0.05, 0.1) is 30.2 Å². The summed E-state index contributed by atoms with van der Waals surface area (Å²) in [5, 5.41) is 10.8. The third-order valence-electron chi connectivity index (χ3n) is 11.1. The number of anilines is 1. The van der Waals surface area contributed by atoms with Crippen LogP contribution in [0.2, 0.25) is 0 Å². The molecule has 1 amide bonds. The fourth-order valence-corrected chi connectivity index (χ4v) is 8.44. The number of aromatic nitrogens is 6. The largest absolute Gasteiger partial charge is 0.494 e. The number of methoxy groups -OCH3 is 1. The minimum Gasteiger partial charge on any atom is -0.494 e. The van der Waals surface area contributed by atoms with Gasteiger partial charge in [-0.25, -0.2) is 19.9 Å². The summed E-state index contributed by atoms with van der Waals surface area (Å²) >= 11 is 0. The van der Waals surface area contributed by atoms with E-state index in [4.69, 9.17) is 20.4 Å². The van der Waals surface area contributed by atoms with Crippen LogP contribution in [0.3, 0.4) is 0 Å². The zero-order chi connectivity index (χ0) is 32.5. The Morgan fingerprint density at radius 3 is 2.71 bits per heavy atom. The van der Waals surface area contributed by atoms with Gasteiger partial charge in [0.1, 0.15) is 29.3 Å². The molecule has 2 saturated heterocycles. The molecule has 0 spiro atoms. The summed E-state index contributed by atoms with van der Waals surface area (Å²) < 4.78 is 10.7. The van der Waals surface area contributed by atoms with Gasteiger partial charge in [-0.3, -0.25) is 4.79 Å². The van der Waals surface area contributed by atoms with Crippen LogP contribution in [-0.4, -0.2) is 78.7 Å². The Labute approximate surface area is 278 Å². The fraction of sp³-hybridized carbons (Fsp3) is 0.444. The molecule has 12 heteroatoms. The smallest absolute Gasteiger partial charge is 0.254 e. The lowest BCUT2D eigenvalue weighted by Crippen LogP contribution is -2.41. The maximum Gasteiger partial charge on any atom is 0.254 e. The molecule has 2 saturated carbocycles. The maximum absolute atomic E-state index is 14.0. The highest BCUT2D eigenvalue weighted by molar-refractivity contribution is 6.00. The second kappa shape index (κ2) is 11.3. The Morgan fingerprint density at radius 1 is 1.06 bits per heavy atom. The van der Waals surface area contributed by atoms with Crippen molar-refractivity contribution in [2.24, 2.45) is 23.5 Å². The molecule has 0 radical (unpaired) electrons. The molecule has 244 valence electrons. The van der Waals surface area contributed by atoms with Crippen molar-refractivity contribution < 1.29 is 9.53 Å². The van der Waals surface area contributed by atoms with Crippen LogP contribution in [0.5, 0.6) is 5.75 Å². The molecule has 4 fully saturated rings. The molecule has 12 nitrogen and oxygen atoms in total. The molecule has 4 atom stereocenters. The molecule has 2 unspecified atom stereocenters. The number of fused-ring (bicyclic) bond motifs is 4. The lowest BCUT2D eigenvalue weighted by molar-refractivity contribution is 0.0700. The molecule has 5 aromatic rings. The van der Waals surface area contributed by atoms with Crippen molar-refractivity contribution in [3.63, 3.8) is 0 Å². The summed E-state index contributed by atoms with van der Waals surface area (Å²) in [4.78, 5) is 36.7. The van der Waals surface area contributed by atoms with Crippen molar-refractivity contribution in [1.29, 1.82) is 5.26 Å². The number of pyridine rings is 1. The number of nitrogens with two attached hydrogens (primary N) is 1. The molecular formula is C36H38N10O2. The molecular weight excluding hydrogens is 604 g/mol. The van der Waals surface area contributed by atoms with E-state index in [1.807, 2.05) is 29.3 Å². The van der Waals surface area contributed by atoms with Gasteiger partial charge in [-0.1, -0.05) is 0 Å². The van der Waals surface area contributed by atoms with E-state index in [2.05, 4.69) is 42.2 Å². The van der Waals surface area contributed by atoms with Gasteiger partial charge in [0, 0.05) is 62.0 Å². The van der Waals surface area contributed by atoms with Crippen LogP contribution in [-0.2, 0) is 13.1 Å². The number of likely N-dealkylation sites (tertiary alicyclic amines) is 1. The van der Waals surface area contributed by atoms with E-state index in [9.17, 15) is 10.1 Å². The minimum absolute atomic E-state index is 0.00851. The van der Waals surface area contributed by atoms with Crippen molar-refractivity contribution in [3.05, 3.63) is 60.3 Å². The number of hydrogen-bond acceptors (Lipinski definition) is 9. The standard InChI is InChI=1S/C36H38N10O2/c1-48-31-13-25(36(47)45-19-24-6-7-28(45)32(24)38)11-26-33(31)46(18-22-8-10-43(16-22)30-15-39-20-41-27(30)14-37)35(42-26)29-12-23-3-2-9-40-34(23)44(29)17-21-4-5-21/h2-3,9,11-13,15,20-22,24,28,32H,4-8,10,16-19,38H2,1H3/t22-,24?,28?,32+/m0/s1. The number of hydrogen-bond donors (Lipinski definition) is 1. The Bertz CT molecular complexity index is 2110. The summed E-state index contributed by atoms with van der Waals surface area (Å²) in [6, 6.07) is 12.5. The van der Waals surface area contributed by atoms with Crippen LogP contribution in [0.4, 0.5) is 5.69 Å². The van der Waals surface area contributed by atoms with Crippen LogP contribution < -0.4 is 15.4 Å². The first-order valence-electron chi connectivity index (χ1n) is 17.0. The number of ether oxygens (including phenoxy) is 1. The van der Waals surface area contributed by atoms with Crippen LogP contribution >= 0.6 is 0 Å². The SMILES string of the molecule is COc1cc(C(=O)N2CC3CCC2[C@@H]3N)cc2nc(-c3cc4cccnc4n3CC3CC3)n(C[C@H]3CCN(c4cncnc4C#N)C3)c12. The normalized spacial score (nSPS) is 23.4. The highest BCUT2D eigenvalue weighted by Gasteiger charge is 2.47. The van der Waals surface area contributed by atoms with E-state index in [0.29, 0.717) is 41.9 Å². The quantitative estimate of drug-likeness (QED) is 0.263. The number of nitriles is 1. The van der Waals surface area contributed by atoms with Crippen molar-refractivity contribution in [1.82, 2.24) is 34.0 Å². The van der Waals surface area contributed by atoms with Crippen LogP contribution in [0.15, 0.2) is 49.1 Å². The van der Waals surface area contributed by atoms with E-state index in [1.165, 1.54) is 19.2 Å². The Kier molecular flexibility index (Phi) is 6.86. The van der Waals surface area contributed by atoms with Crippen LogP contribution in [0.25, 0.3) is 33.6 Å². The number of benzene rings is 1. The molecule has 48 heavy (non-hydrogen) atoms. The van der Waals surface area contributed by atoms with Gasteiger partial charge in [0.2, 0.25) is 0 Å². The van der Waals surface area contributed by atoms with Gasteiger partial charge in [0.25, 0.3) is 5.91 Å². The molecule has 9 rings (SSSR count). The highest BCUT2D eigenvalue weighted by Crippen LogP contribution is 2.41. The second-order valence-electron chi connectivity index (χ2n) is 14.0. The topological polar surface area (TPSA) is 144 Å². The van der Waals surface area contributed by atoms with E-state index in [1.54, 1.807) is 13.3 Å². The summed E-state index contributed by atoms with van der Waals surface area (Å²) in [6.45, 7) is 3.84. The zero-order valence-electron chi connectivity index (χ0n) is 27.0. The third-order valence-corrected chi connectivity index (χ3v) is 11.1. The molecule has 4 aromatic heterocycles. The molecule has 4 aliphatic rings. The number of carbonyl (C=O) groups is 1. The summed E-state index contributed by atoms with van der Waals surface area (Å²) in [5.74, 6) is 2.73. The monoisotopic (exact) mass is 642 g/mol. The number of piperidine rings is 1. The summed E-state index contributed by atoms with van der Waals surface area (Å²) in [6.07, 6.45) is 10.4. The number of carbonyl (C=O) groups excluding carboxylic acids is 1. The predicted octanol–water partition coefficient (Wildman–Crippen LogP) is 4.22. The minimum atomic E-state index is -0.00851. The van der Waals surface area contributed by atoms with E-state index < -0.39 is 0 Å². The molecule has 2 N–H and O–H groups in total. The lowest BCUT2D eigenvalue weighted by Gasteiger charge is -2.27. The first-order chi connectivity index (χ1) is 23.5. The van der Waals surface area contributed by atoms with Gasteiger partial charge < -0.3 is 29.4 Å². The zero-order valence-corrected chi connectivity index (χ0v) is 27.0.